The first-order valence-corrected chi connectivity index (χ1v) is 5.15. The van der Waals surface area contributed by atoms with Crippen molar-refractivity contribution >= 4 is 17.3 Å². The van der Waals surface area contributed by atoms with Gasteiger partial charge in [-0.2, -0.15) is 0 Å². The second kappa shape index (κ2) is 4.51. The largest absolute Gasteiger partial charge is 0.270 e. The zero-order valence-electron chi connectivity index (χ0n) is 8.56. The summed E-state index contributed by atoms with van der Waals surface area (Å²) in [7, 11) is 0. The number of non-ortho nitro benzene ring substituents is 1. The summed E-state index contributed by atoms with van der Waals surface area (Å²) in [6, 6.07) is 9.96. The van der Waals surface area contributed by atoms with E-state index in [0.717, 1.165) is 0 Å². The van der Waals surface area contributed by atoms with Crippen molar-refractivity contribution in [1.29, 1.82) is 0 Å². The Kier molecular flexibility index (Phi) is 3.06. The third kappa shape index (κ3) is 2.42. The van der Waals surface area contributed by atoms with Crippen molar-refractivity contribution in [3.8, 4) is 11.1 Å². The Morgan fingerprint density at radius 1 is 1.12 bits per heavy atom. The lowest BCUT2D eigenvalue weighted by Crippen LogP contribution is -1.88. The summed E-state index contributed by atoms with van der Waals surface area (Å²) in [6.07, 6.45) is 0. The Balaban J connectivity index is 2.46. The average Bonchev–Trinajstić information content (AvgIpc) is 2.30. The van der Waals surface area contributed by atoms with Gasteiger partial charge in [0.05, 0.1) is 9.95 Å². The van der Waals surface area contributed by atoms with Crippen LogP contribution in [0.2, 0.25) is 5.02 Å². The van der Waals surface area contributed by atoms with Crippen molar-refractivity contribution in [2.75, 3.05) is 0 Å². The summed E-state index contributed by atoms with van der Waals surface area (Å²) in [5, 5.41) is 10.8. The van der Waals surface area contributed by atoms with Crippen LogP contribution >= 0.6 is 11.6 Å². The molecule has 0 amide bonds. The zero-order valence-corrected chi connectivity index (χ0v) is 9.32. The van der Waals surface area contributed by atoms with Gasteiger partial charge in [0.2, 0.25) is 0 Å². The van der Waals surface area contributed by atoms with E-state index in [1.807, 2.05) is 0 Å². The minimum atomic E-state index is -0.514. The fraction of sp³-hybridized carbons (Fsp3) is 0. The average molecular weight is 252 g/mol. The van der Waals surface area contributed by atoms with E-state index in [0.29, 0.717) is 11.1 Å². The Morgan fingerprint density at radius 3 is 2.29 bits per heavy atom. The van der Waals surface area contributed by atoms with Crippen molar-refractivity contribution < 1.29 is 9.31 Å². The van der Waals surface area contributed by atoms with Gasteiger partial charge in [0.1, 0.15) is 5.82 Å². The van der Waals surface area contributed by atoms with Crippen LogP contribution in [0.5, 0.6) is 0 Å². The number of rotatable bonds is 2. The van der Waals surface area contributed by atoms with Crippen molar-refractivity contribution in [3.63, 3.8) is 0 Å². The van der Waals surface area contributed by atoms with Crippen LogP contribution in [0, 0.1) is 15.9 Å². The van der Waals surface area contributed by atoms with E-state index in [4.69, 9.17) is 11.6 Å². The molecule has 0 saturated carbocycles. The first kappa shape index (κ1) is 11.5. The Labute approximate surface area is 102 Å². The SMILES string of the molecule is O=[N+]([O-])c1ccc(-c2ccc(F)cc2)c(Cl)c1. The zero-order chi connectivity index (χ0) is 12.4. The third-order valence-corrected chi connectivity index (χ3v) is 2.63. The van der Waals surface area contributed by atoms with Crippen molar-refractivity contribution in [2.45, 2.75) is 0 Å². The van der Waals surface area contributed by atoms with Crippen LogP contribution in [0.1, 0.15) is 0 Å². The molecular formula is C12H7ClFNO2. The molecule has 3 nitrogen and oxygen atoms in total. The molecule has 0 aliphatic carbocycles. The molecule has 0 radical (unpaired) electrons. The molecule has 0 atom stereocenters. The molecule has 0 aromatic heterocycles. The molecule has 0 saturated heterocycles. The Hall–Kier alpha value is -1.94. The van der Waals surface area contributed by atoms with Gasteiger partial charge in [0.15, 0.2) is 0 Å². The smallest absolute Gasteiger partial charge is 0.258 e. The normalized spacial score (nSPS) is 10.2. The van der Waals surface area contributed by atoms with E-state index >= 15 is 0 Å². The van der Waals surface area contributed by atoms with Crippen LogP contribution in [-0.2, 0) is 0 Å². The lowest BCUT2D eigenvalue weighted by Gasteiger charge is -2.04. The second-order valence-electron chi connectivity index (χ2n) is 3.43. The van der Waals surface area contributed by atoms with E-state index in [1.165, 1.54) is 24.3 Å². The predicted octanol–water partition coefficient (Wildman–Crippen LogP) is 4.05. The van der Waals surface area contributed by atoms with Gasteiger partial charge in [-0.3, -0.25) is 10.1 Å². The maximum absolute atomic E-state index is 12.8. The molecule has 0 unspecified atom stereocenters. The van der Waals surface area contributed by atoms with Crippen molar-refractivity contribution in [3.05, 3.63) is 63.4 Å². The summed E-state index contributed by atoms with van der Waals surface area (Å²) in [5.41, 5.74) is 1.28. The quantitative estimate of drug-likeness (QED) is 0.597. The molecule has 2 aromatic carbocycles. The van der Waals surface area contributed by atoms with Gasteiger partial charge in [-0.25, -0.2) is 4.39 Å². The number of hydrogen-bond acceptors (Lipinski definition) is 2. The minimum Gasteiger partial charge on any atom is -0.258 e. The van der Waals surface area contributed by atoms with Crippen molar-refractivity contribution in [2.24, 2.45) is 0 Å². The number of nitro groups is 1. The molecule has 2 rings (SSSR count). The highest BCUT2D eigenvalue weighted by Crippen LogP contribution is 2.30. The first-order valence-electron chi connectivity index (χ1n) is 4.78. The predicted molar refractivity (Wildman–Crippen MR) is 63.5 cm³/mol. The molecule has 0 fully saturated rings. The van der Waals surface area contributed by atoms with E-state index in [2.05, 4.69) is 0 Å². The molecule has 0 aliphatic heterocycles. The van der Waals surface area contributed by atoms with Gasteiger partial charge in [-0.15, -0.1) is 0 Å². The molecule has 0 spiro atoms. The number of halogens is 2. The molecule has 0 heterocycles. The van der Waals surface area contributed by atoms with Gasteiger partial charge >= 0.3 is 0 Å². The highest BCUT2D eigenvalue weighted by molar-refractivity contribution is 6.33. The molecule has 0 N–H and O–H groups in total. The molecule has 86 valence electrons. The topological polar surface area (TPSA) is 43.1 Å². The van der Waals surface area contributed by atoms with Crippen LogP contribution in [0.3, 0.4) is 0 Å². The Bertz CT molecular complexity index is 569. The van der Waals surface area contributed by atoms with Crippen LogP contribution in [0.15, 0.2) is 42.5 Å². The summed E-state index contributed by atoms with van der Waals surface area (Å²) in [5.74, 6) is -0.341. The molecule has 2 aromatic rings. The van der Waals surface area contributed by atoms with Gasteiger partial charge in [0.25, 0.3) is 5.69 Å². The van der Waals surface area contributed by atoms with E-state index in [9.17, 15) is 14.5 Å². The van der Waals surface area contributed by atoms with Crippen molar-refractivity contribution in [1.82, 2.24) is 0 Å². The third-order valence-electron chi connectivity index (χ3n) is 2.32. The molecule has 5 heteroatoms. The Morgan fingerprint density at radius 2 is 1.76 bits per heavy atom. The molecule has 17 heavy (non-hydrogen) atoms. The lowest BCUT2D eigenvalue weighted by molar-refractivity contribution is -0.384. The van der Waals surface area contributed by atoms with Gasteiger partial charge in [-0.05, 0) is 23.8 Å². The summed E-state index contributed by atoms with van der Waals surface area (Å²) >= 11 is 5.95. The van der Waals surface area contributed by atoms with Crippen LogP contribution in [-0.4, -0.2) is 4.92 Å². The van der Waals surface area contributed by atoms with Gasteiger partial charge in [0, 0.05) is 17.7 Å². The van der Waals surface area contributed by atoms with Crippen LogP contribution in [0.25, 0.3) is 11.1 Å². The number of nitro benzene ring substituents is 1. The lowest BCUT2D eigenvalue weighted by atomic mass is 10.1. The van der Waals surface area contributed by atoms with Gasteiger partial charge < -0.3 is 0 Å². The molecular weight excluding hydrogens is 245 g/mol. The number of hydrogen-bond donors (Lipinski definition) is 0. The fourth-order valence-electron chi connectivity index (χ4n) is 1.48. The standard InChI is InChI=1S/C12H7ClFNO2/c13-12-7-10(15(16)17)5-6-11(12)8-1-3-9(14)4-2-8/h1-7H. The number of benzene rings is 2. The summed E-state index contributed by atoms with van der Waals surface area (Å²) in [4.78, 5) is 10.0. The summed E-state index contributed by atoms with van der Waals surface area (Å²) < 4.78 is 12.8. The highest BCUT2D eigenvalue weighted by atomic mass is 35.5. The van der Waals surface area contributed by atoms with E-state index in [1.54, 1.807) is 18.2 Å². The van der Waals surface area contributed by atoms with Crippen LogP contribution < -0.4 is 0 Å². The molecule has 0 bridgehead atoms. The second-order valence-corrected chi connectivity index (χ2v) is 3.84. The monoisotopic (exact) mass is 251 g/mol. The minimum absolute atomic E-state index is 0.0686. The first-order chi connectivity index (χ1) is 8.08. The maximum Gasteiger partial charge on any atom is 0.270 e. The summed E-state index contributed by atoms with van der Waals surface area (Å²) in [6.45, 7) is 0. The van der Waals surface area contributed by atoms with E-state index in [-0.39, 0.29) is 16.5 Å². The van der Waals surface area contributed by atoms with Gasteiger partial charge in [-0.1, -0.05) is 23.7 Å². The fourth-order valence-corrected chi connectivity index (χ4v) is 1.77. The highest BCUT2D eigenvalue weighted by Gasteiger charge is 2.10. The molecule has 0 aliphatic rings. The van der Waals surface area contributed by atoms with Crippen LogP contribution in [0.4, 0.5) is 10.1 Å². The number of nitrogens with zero attached hydrogens (tertiary/aromatic N) is 1. The van der Waals surface area contributed by atoms with E-state index < -0.39 is 4.92 Å². The maximum atomic E-state index is 12.8.